The van der Waals surface area contributed by atoms with E-state index < -0.39 is 5.97 Å². The first kappa shape index (κ1) is 11.5. The van der Waals surface area contributed by atoms with Gasteiger partial charge in [-0.3, -0.25) is 0 Å². The molecule has 2 rings (SSSR count). The smallest absolute Gasteiger partial charge is 0.352 e. The fourth-order valence-electron chi connectivity index (χ4n) is 1.89. The molecule has 2 atom stereocenters. The number of aliphatic carboxylic acids is 1. The normalized spacial score (nSPS) is 30.1. The summed E-state index contributed by atoms with van der Waals surface area (Å²) < 4.78 is 5.54. The van der Waals surface area contributed by atoms with E-state index in [1.165, 1.54) is 0 Å². The summed E-state index contributed by atoms with van der Waals surface area (Å²) in [6, 6.07) is 0. The van der Waals surface area contributed by atoms with E-state index in [9.17, 15) is 4.79 Å². The number of nitrogens with one attached hydrogen (secondary N) is 1. The average molecular weight is 241 g/mol. The summed E-state index contributed by atoms with van der Waals surface area (Å²) in [7, 11) is 0. The van der Waals surface area contributed by atoms with Crippen LogP contribution in [0.25, 0.3) is 0 Å². The summed E-state index contributed by atoms with van der Waals surface area (Å²) in [5, 5.41) is 12.1. The van der Waals surface area contributed by atoms with Gasteiger partial charge in [-0.25, -0.2) is 4.79 Å². The largest absolute Gasteiger partial charge is 0.477 e. The van der Waals surface area contributed by atoms with E-state index >= 15 is 0 Å². The highest BCUT2D eigenvalue weighted by Gasteiger charge is 2.33. The molecule has 2 N–H and O–H groups in total. The second kappa shape index (κ2) is 4.93. The predicted octanol–water partition coefficient (Wildman–Crippen LogP) is 1.70. The molecule has 0 aromatic carbocycles. The van der Waals surface area contributed by atoms with Gasteiger partial charge >= 0.3 is 5.97 Å². The van der Waals surface area contributed by atoms with E-state index in [0.29, 0.717) is 5.70 Å². The van der Waals surface area contributed by atoms with Gasteiger partial charge in [0.1, 0.15) is 5.70 Å². The maximum atomic E-state index is 11.1. The van der Waals surface area contributed by atoms with Crippen molar-refractivity contribution in [2.45, 2.75) is 31.2 Å². The van der Waals surface area contributed by atoms with Crippen LogP contribution in [0, 0.1) is 0 Å². The first-order valence-electron chi connectivity index (χ1n) is 5.37. The maximum Gasteiger partial charge on any atom is 0.352 e. The highest BCUT2D eigenvalue weighted by atomic mass is 32.2. The molecule has 0 amide bonds. The summed E-state index contributed by atoms with van der Waals surface area (Å²) in [5.41, 5.74) is 0.306. The van der Waals surface area contributed by atoms with Crippen LogP contribution in [0.15, 0.2) is 22.8 Å². The molecule has 0 aromatic rings. The summed E-state index contributed by atoms with van der Waals surface area (Å²) in [6.45, 7) is 2.66. The Hall–Kier alpha value is -0.940. The lowest BCUT2D eigenvalue weighted by molar-refractivity contribution is -0.133. The molecule has 0 saturated carbocycles. The molecular weight excluding hydrogens is 226 g/mol. The standard InChI is InChI=1S/C11H15NO3S/c1-2-4-8-12-9(11(13)14)10(16-8)7-5-3-6-15-7/h2,4,7-8,12H,3,5-6H2,1H3,(H,13,14)/b4-2+/t7-,8-/m1/s1. The van der Waals surface area contributed by atoms with Crippen molar-refractivity contribution in [1.29, 1.82) is 0 Å². The minimum Gasteiger partial charge on any atom is -0.477 e. The molecule has 2 aliphatic rings. The van der Waals surface area contributed by atoms with Crippen molar-refractivity contribution >= 4 is 17.7 Å². The Morgan fingerprint density at radius 3 is 3.06 bits per heavy atom. The Balaban J connectivity index is 2.16. The number of allylic oxidation sites excluding steroid dienone is 1. The van der Waals surface area contributed by atoms with Crippen molar-refractivity contribution in [2.24, 2.45) is 0 Å². The fraction of sp³-hybridized carbons (Fsp3) is 0.545. The van der Waals surface area contributed by atoms with E-state index in [1.807, 2.05) is 19.1 Å². The Morgan fingerprint density at radius 2 is 2.50 bits per heavy atom. The monoisotopic (exact) mass is 241 g/mol. The van der Waals surface area contributed by atoms with Crippen LogP contribution in [-0.4, -0.2) is 29.2 Å². The van der Waals surface area contributed by atoms with Gasteiger partial charge in [0.2, 0.25) is 0 Å². The zero-order valence-corrected chi connectivity index (χ0v) is 9.92. The number of carbonyl (C=O) groups is 1. The van der Waals surface area contributed by atoms with E-state index in [4.69, 9.17) is 9.84 Å². The van der Waals surface area contributed by atoms with E-state index in [2.05, 4.69) is 5.32 Å². The first-order chi connectivity index (χ1) is 7.72. The van der Waals surface area contributed by atoms with Gasteiger partial charge in [0.15, 0.2) is 0 Å². The van der Waals surface area contributed by atoms with E-state index in [1.54, 1.807) is 11.8 Å². The van der Waals surface area contributed by atoms with Gasteiger partial charge in [-0.15, -0.1) is 0 Å². The molecule has 0 aliphatic carbocycles. The number of thioether (sulfide) groups is 1. The molecule has 0 aromatic heterocycles. The van der Waals surface area contributed by atoms with Gasteiger partial charge in [-0.2, -0.15) is 0 Å². The Bertz CT molecular complexity index is 345. The van der Waals surface area contributed by atoms with Crippen LogP contribution in [0.3, 0.4) is 0 Å². The Labute approximate surface area is 98.7 Å². The number of rotatable bonds is 3. The van der Waals surface area contributed by atoms with Crippen LogP contribution in [0.5, 0.6) is 0 Å². The minimum atomic E-state index is -0.898. The molecule has 88 valence electrons. The topological polar surface area (TPSA) is 58.6 Å². The second-order valence-electron chi connectivity index (χ2n) is 3.75. The van der Waals surface area contributed by atoms with Gasteiger partial charge in [-0.1, -0.05) is 23.9 Å². The molecular formula is C11H15NO3S. The van der Waals surface area contributed by atoms with Crippen molar-refractivity contribution in [3.05, 3.63) is 22.8 Å². The molecule has 16 heavy (non-hydrogen) atoms. The lowest BCUT2D eigenvalue weighted by Gasteiger charge is -2.10. The number of hydrogen-bond donors (Lipinski definition) is 2. The third-order valence-corrected chi connectivity index (χ3v) is 3.84. The van der Waals surface area contributed by atoms with Crippen LogP contribution >= 0.6 is 11.8 Å². The zero-order chi connectivity index (χ0) is 11.5. The summed E-state index contributed by atoms with van der Waals surface area (Å²) in [5.74, 6) is -0.898. The highest BCUT2D eigenvalue weighted by molar-refractivity contribution is 8.04. The maximum absolute atomic E-state index is 11.1. The quantitative estimate of drug-likeness (QED) is 0.736. The van der Waals surface area contributed by atoms with Crippen molar-refractivity contribution in [3.63, 3.8) is 0 Å². The predicted molar refractivity (Wildman–Crippen MR) is 63.0 cm³/mol. The van der Waals surface area contributed by atoms with Gasteiger partial charge in [0.05, 0.1) is 11.5 Å². The number of carboxylic acids is 1. The van der Waals surface area contributed by atoms with E-state index in [-0.39, 0.29) is 11.5 Å². The molecule has 2 aliphatic heterocycles. The zero-order valence-electron chi connectivity index (χ0n) is 9.10. The van der Waals surface area contributed by atoms with Crippen molar-refractivity contribution in [1.82, 2.24) is 5.32 Å². The molecule has 5 heteroatoms. The fourth-order valence-corrected chi connectivity index (χ4v) is 3.18. The van der Waals surface area contributed by atoms with Crippen molar-refractivity contribution in [2.75, 3.05) is 6.61 Å². The number of hydrogen-bond acceptors (Lipinski definition) is 4. The molecule has 0 unspecified atom stereocenters. The molecule has 0 spiro atoms. The van der Waals surface area contributed by atoms with Crippen molar-refractivity contribution < 1.29 is 14.6 Å². The first-order valence-corrected chi connectivity index (χ1v) is 6.25. The van der Waals surface area contributed by atoms with Crippen LogP contribution in [0.1, 0.15) is 19.8 Å². The molecule has 2 heterocycles. The molecule has 1 saturated heterocycles. The Morgan fingerprint density at radius 1 is 1.69 bits per heavy atom. The number of carboxylic acid groups (broad SMARTS) is 1. The summed E-state index contributed by atoms with van der Waals surface area (Å²) in [4.78, 5) is 11.9. The Kier molecular flexibility index (Phi) is 3.56. The molecule has 1 fully saturated rings. The SMILES string of the molecule is C/C=C/[C@@H]1NC(C(=O)O)=C([C@H]2CCCO2)S1. The van der Waals surface area contributed by atoms with Crippen molar-refractivity contribution in [3.8, 4) is 0 Å². The number of ether oxygens (including phenoxy) is 1. The lowest BCUT2D eigenvalue weighted by atomic mass is 10.2. The van der Waals surface area contributed by atoms with Gasteiger partial charge in [-0.05, 0) is 19.8 Å². The molecule has 0 radical (unpaired) electrons. The molecule has 0 bridgehead atoms. The lowest BCUT2D eigenvalue weighted by Crippen LogP contribution is -2.23. The third kappa shape index (κ3) is 2.25. The minimum absolute atomic E-state index is 0.0234. The van der Waals surface area contributed by atoms with Crippen LogP contribution < -0.4 is 5.32 Å². The van der Waals surface area contributed by atoms with Gasteiger partial charge in [0, 0.05) is 11.5 Å². The van der Waals surface area contributed by atoms with Crippen LogP contribution in [0.2, 0.25) is 0 Å². The van der Waals surface area contributed by atoms with Crippen LogP contribution in [0.4, 0.5) is 0 Å². The van der Waals surface area contributed by atoms with E-state index in [0.717, 1.165) is 24.4 Å². The third-order valence-electron chi connectivity index (χ3n) is 2.59. The average Bonchev–Trinajstić information content (AvgIpc) is 2.83. The summed E-state index contributed by atoms with van der Waals surface area (Å²) in [6.07, 6.45) is 5.77. The van der Waals surface area contributed by atoms with Gasteiger partial charge in [0.25, 0.3) is 0 Å². The molecule has 4 nitrogen and oxygen atoms in total. The van der Waals surface area contributed by atoms with Gasteiger partial charge < -0.3 is 15.2 Å². The summed E-state index contributed by atoms with van der Waals surface area (Å²) >= 11 is 1.54. The van der Waals surface area contributed by atoms with Crippen LogP contribution in [-0.2, 0) is 9.53 Å². The highest BCUT2D eigenvalue weighted by Crippen LogP contribution is 2.38. The second-order valence-corrected chi connectivity index (χ2v) is 4.94.